The van der Waals surface area contributed by atoms with Crippen LogP contribution >= 0.6 is 11.3 Å². The molecule has 2 aromatic heterocycles. The number of aromatic nitrogens is 1. The molecule has 142 valence electrons. The Balaban J connectivity index is 1.64. The average Bonchev–Trinajstić information content (AvgIpc) is 3.33. The summed E-state index contributed by atoms with van der Waals surface area (Å²) in [6.07, 6.45) is 1.47. The highest BCUT2D eigenvalue weighted by Gasteiger charge is 2.13. The molecule has 10 heteroatoms. The topological polar surface area (TPSA) is 92.1 Å². The van der Waals surface area contributed by atoms with Gasteiger partial charge in [-0.25, -0.2) is 4.98 Å². The van der Waals surface area contributed by atoms with Gasteiger partial charge in [0.25, 0.3) is 0 Å². The van der Waals surface area contributed by atoms with Crippen LogP contribution in [0.5, 0.6) is 11.5 Å². The van der Waals surface area contributed by atoms with Crippen LogP contribution in [-0.2, 0) is 11.4 Å². The van der Waals surface area contributed by atoms with Crippen LogP contribution < -0.4 is 15.2 Å². The molecule has 0 spiro atoms. The van der Waals surface area contributed by atoms with Crippen molar-refractivity contribution < 1.29 is 27.5 Å². The van der Waals surface area contributed by atoms with Crippen LogP contribution in [0, 0.1) is 0 Å². The van der Waals surface area contributed by atoms with Crippen molar-refractivity contribution in [3.05, 3.63) is 53.2 Å². The van der Waals surface area contributed by atoms with Gasteiger partial charge >= 0.3 is 6.61 Å². The number of ether oxygens (including phenoxy) is 2. The zero-order valence-corrected chi connectivity index (χ0v) is 14.9. The molecule has 2 heterocycles. The molecule has 0 amide bonds. The first-order chi connectivity index (χ1) is 13.1. The molecule has 0 saturated heterocycles. The summed E-state index contributed by atoms with van der Waals surface area (Å²) >= 11 is 1.51. The zero-order chi connectivity index (χ0) is 19.2. The summed E-state index contributed by atoms with van der Waals surface area (Å²) < 4.78 is 39.5. The van der Waals surface area contributed by atoms with Crippen molar-refractivity contribution in [1.82, 2.24) is 4.98 Å². The molecule has 0 saturated carbocycles. The summed E-state index contributed by atoms with van der Waals surface area (Å²) in [6, 6.07) is 8.00. The van der Waals surface area contributed by atoms with Crippen LogP contribution in [0.3, 0.4) is 0 Å². The Morgan fingerprint density at radius 2 is 2.19 bits per heavy atom. The minimum absolute atomic E-state index is 0.0406. The first-order valence-electron chi connectivity index (χ1n) is 7.63. The van der Waals surface area contributed by atoms with E-state index in [-0.39, 0.29) is 23.9 Å². The van der Waals surface area contributed by atoms with E-state index in [4.69, 9.17) is 19.7 Å². The third kappa shape index (κ3) is 4.73. The minimum Gasteiger partial charge on any atom is -0.493 e. The number of alkyl halides is 2. The molecule has 0 radical (unpaired) electrons. The number of hydrogen-bond acceptors (Lipinski definition) is 7. The molecule has 0 aliphatic heterocycles. The van der Waals surface area contributed by atoms with Crippen LogP contribution in [0.25, 0.3) is 10.8 Å². The Morgan fingerprint density at radius 1 is 1.33 bits per heavy atom. The van der Waals surface area contributed by atoms with E-state index in [1.54, 1.807) is 0 Å². The van der Waals surface area contributed by atoms with Gasteiger partial charge in [0.15, 0.2) is 23.9 Å². The average molecular weight is 395 g/mol. The Hall–Kier alpha value is -3.14. The lowest BCUT2D eigenvalue weighted by Gasteiger charge is -2.11. The molecule has 0 aliphatic rings. The monoisotopic (exact) mass is 395 g/mol. The summed E-state index contributed by atoms with van der Waals surface area (Å²) in [5.41, 5.74) is 6.83. The van der Waals surface area contributed by atoms with Crippen molar-refractivity contribution in [1.29, 1.82) is 0 Å². The number of halogens is 2. The van der Waals surface area contributed by atoms with Gasteiger partial charge in [0.1, 0.15) is 12.0 Å². The predicted octanol–water partition coefficient (Wildman–Crippen LogP) is 3.85. The van der Waals surface area contributed by atoms with Crippen molar-refractivity contribution in [2.75, 3.05) is 7.11 Å². The first kappa shape index (κ1) is 18.6. The fourth-order valence-electron chi connectivity index (χ4n) is 2.13. The number of benzene rings is 1. The number of oxazole rings is 1. The number of thiophene rings is 1. The smallest absolute Gasteiger partial charge is 0.387 e. The fraction of sp³-hybridized carbons (Fsp3) is 0.176. The maximum absolute atomic E-state index is 12.4. The van der Waals surface area contributed by atoms with E-state index in [1.807, 2.05) is 17.5 Å². The number of methoxy groups -OCH3 is 1. The number of nitrogens with two attached hydrogens (primary N) is 1. The second-order valence-corrected chi connectivity index (χ2v) is 6.06. The van der Waals surface area contributed by atoms with Crippen molar-refractivity contribution in [3.63, 3.8) is 0 Å². The highest BCUT2D eigenvalue weighted by Crippen LogP contribution is 2.29. The van der Waals surface area contributed by atoms with E-state index in [1.165, 1.54) is 42.9 Å². The van der Waals surface area contributed by atoms with Crippen LogP contribution in [0.15, 0.2) is 51.5 Å². The molecule has 27 heavy (non-hydrogen) atoms. The highest BCUT2D eigenvalue weighted by atomic mass is 32.1. The van der Waals surface area contributed by atoms with E-state index in [2.05, 4.69) is 14.9 Å². The molecular formula is C17H15F2N3O4S. The van der Waals surface area contributed by atoms with Gasteiger partial charge in [-0.2, -0.15) is 8.78 Å². The van der Waals surface area contributed by atoms with E-state index in [9.17, 15) is 8.78 Å². The van der Waals surface area contributed by atoms with Gasteiger partial charge in [0, 0.05) is 5.56 Å². The zero-order valence-electron chi connectivity index (χ0n) is 14.1. The van der Waals surface area contributed by atoms with E-state index >= 15 is 0 Å². The van der Waals surface area contributed by atoms with Crippen molar-refractivity contribution in [2.45, 2.75) is 13.2 Å². The summed E-state index contributed by atoms with van der Waals surface area (Å²) in [6.45, 7) is -2.90. The van der Waals surface area contributed by atoms with E-state index < -0.39 is 6.61 Å². The lowest BCUT2D eigenvalue weighted by Crippen LogP contribution is -2.14. The lowest BCUT2D eigenvalue weighted by atomic mass is 10.2. The number of amidine groups is 1. The number of rotatable bonds is 8. The van der Waals surface area contributed by atoms with E-state index in [0.717, 1.165) is 4.88 Å². The van der Waals surface area contributed by atoms with Gasteiger partial charge in [-0.3, -0.25) is 0 Å². The Morgan fingerprint density at radius 3 is 2.89 bits per heavy atom. The second-order valence-electron chi connectivity index (χ2n) is 5.12. The van der Waals surface area contributed by atoms with Gasteiger partial charge in [-0.1, -0.05) is 11.2 Å². The molecule has 0 fully saturated rings. The summed E-state index contributed by atoms with van der Waals surface area (Å²) in [7, 11) is 1.33. The Kier molecular flexibility index (Phi) is 5.87. The number of hydrogen-bond donors (Lipinski definition) is 1. The molecule has 7 nitrogen and oxygen atoms in total. The Labute approximate surface area is 157 Å². The molecule has 0 aliphatic carbocycles. The maximum atomic E-state index is 12.4. The largest absolute Gasteiger partial charge is 0.493 e. The van der Waals surface area contributed by atoms with Crippen LogP contribution in [0.4, 0.5) is 8.78 Å². The number of nitrogens with zero attached hydrogens (tertiary/aromatic N) is 2. The molecular weight excluding hydrogens is 380 g/mol. The van der Waals surface area contributed by atoms with Gasteiger partial charge < -0.3 is 24.5 Å². The molecule has 0 unspecified atom stereocenters. The van der Waals surface area contributed by atoms with Crippen LogP contribution in [-0.4, -0.2) is 24.5 Å². The number of oxime groups is 1. The van der Waals surface area contributed by atoms with Crippen LogP contribution in [0.2, 0.25) is 0 Å². The van der Waals surface area contributed by atoms with Gasteiger partial charge in [0.2, 0.25) is 5.89 Å². The summed E-state index contributed by atoms with van der Waals surface area (Å²) in [5.74, 6) is 0.537. The third-order valence-electron chi connectivity index (χ3n) is 3.33. The summed E-state index contributed by atoms with van der Waals surface area (Å²) in [5, 5.41) is 5.72. The lowest BCUT2D eigenvalue weighted by molar-refractivity contribution is -0.0512. The maximum Gasteiger partial charge on any atom is 0.387 e. The van der Waals surface area contributed by atoms with E-state index in [0.29, 0.717) is 17.1 Å². The SMILES string of the molecule is COc1cc(/C(N)=N\OCc2coc(-c3cccs3)n2)ccc1OC(F)F. The minimum atomic E-state index is -2.96. The predicted molar refractivity (Wildman–Crippen MR) is 95.0 cm³/mol. The normalized spacial score (nSPS) is 11.6. The highest BCUT2D eigenvalue weighted by molar-refractivity contribution is 7.13. The standard InChI is InChI=1S/C17H15F2N3O4S/c1-23-13-7-10(4-5-12(13)26-17(18)19)15(20)22-25-9-11-8-24-16(21-11)14-3-2-6-27-14/h2-8,17H,9H2,1H3,(H2,20,22). The molecule has 0 atom stereocenters. The van der Waals surface area contributed by atoms with Gasteiger partial charge in [0.05, 0.1) is 12.0 Å². The van der Waals surface area contributed by atoms with Crippen molar-refractivity contribution in [2.24, 2.45) is 10.9 Å². The van der Waals surface area contributed by atoms with Gasteiger partial charge in [-0.15, -0.1) is 11.3 Å². The fourth-order valence-corrected chi connectivity index (χ4v) is 2.78. The third-order valence-corrected chi connectivity index (χ3v) is 4.19. The molecule has 0 bridgehead atoms. The quantitative estimate of drug-likeness (QED) is 0.354. The molecule has 3 aromatic rings. The second kappa shape index (κ2) is 8.49. The molecule has 1 aromatic carbocycles. The van der Waals surface area contributed by atoms with Crippen molar-refractivity contribution >= 4 is 17.2 Å². The Bertz CT molecular complexity index is 913. The summed E-state index contributed by atoms with van der Waals surface area (Å²) in [4.78, 5) is 10.4. The molecule has 2 N–H and O–H groups in total. The first-order valence-corrected chi connectivity index (χ1v) is 8.51. The van der Waals surface area contributed by atoms with Gasteiger partial charge in [-0.05, 0) is 29.6 Å². The van der Waals surface area contributed by atoms with Crippen LogP contribution in [0.1, 0.15) is 11.3 Å². The molecule has 3 rings (SSSR count). The van der Waals surface area contributed by atoms with Crippen molar-refractivity contribution in [3.8, 4) is 22.3 Å².